The Morgan fingerprint density at radius 1 is 1.05 bits per heavy atom. The SMILES string of the molecule is Cc1cc(OCCCS(C)(=O)=O)cc(C)c1-c1cccc(COc2ccc(C3(CC(=O)O)COC3)cc2F)c1. The summed E-state index contributed by atoms with van der Waals surface area (Å²) in [5.41, 5.74) is 4.84. The molecule has 0 unspecified atom stereocenters. The highest BCUT2D eigenvalue weighted by Crippen LogP contribution is 2.38. The van der Waals surface area contributed by atoms with E-state index < -0.39 is 27.0 Å². The minimum atomic E-state index is -3.01. The average molecular weight is 557 g/mol. The van der Waals surface area contributed by atoms with Crippen LogP contribution >= 0.6 is 0 Å². The van der Waals surface area contributed by atoms with Crippen LogP contribution in [0.5, 0.6) is 11.5 Å². The van der Waals surface area contributed by atoms with Crippen molar-refractivity contribution in [3.63, 3.8) is 0 Å². The van der Waals surface area contributed by atoms with E-state index in [1.807, 2.05) is 50.2 Å². The maximum Gasteiger partial charge on any atom is 0.304 e. The number of halogens is 1. The fourth-order valence-corrected chi connectivity index (χ4v) is 5.55. The standard InChI is InChI=1S/C30H33FO7S/c1-20-12-25(37-10-5-11-39(3,34)35)13-21(2)29(20)23-7-4-6-22(14-23)17-38-27-9-8-24(15-26(27)31)30(16-28(32)33)18-36-19-30/h4,6-9,12-15H,5,10-11,16-19H2,1-3H3,(H,32,33). The van der Waals surface area contributed by atoms with Crippen molar-refractivity contribution < 1.29 is 36.9 Å². The van der Waals surface area contributed by atoms with Gasteiger partial charge in [-0.3, -0.25) is 4.79 Å². The lowest BCUT2D eigenvalue weighted by molar-refractivity contribution is -0.145. The summed E-state index contributed by atoms with van der Waals surface area (Å²) < 4.78 is 54.3. The maximum absolute atomic E-state index is 14.9. The molecule has 1 fully saturated rings. The van der Waals surface area contributed by atoms with Gasteiger partial charge in [-0.2, -0.15) is 0 Å². The summed E-state index contributed by atoms with van der Waals surface area (Å²) in [7, 11) is -3.01. The van der Waals surface area contributed by atoms with Gasteiger partial charge >= 0.3 is 5.97 Å². The summed E-state index contributed by atoms with van der Waals surface area (Å²) in [5.74, 6) is -0.610. The topological polar surface area (TPSA) is 99.1 Å². The van der Waals surface area contributed by atoms with Crippen LogP contribution in [0, 0.1) is 19.7 Å². The van der Waals surface area contributed by atoms with Crippen molar-refractivity contribution in [2.45, 2.75) is 38.7 Å². The molecule has 3 aromatic carbocycles. The monoisotopic (exact) mass is 556 g/mol. The molecule has 0 radical (unpaired) electrons. The molecule has 0 spiro atoms. The van der Waals surface area contributed by atoms with Gasteiger partial charge < -0.3 is 19.3 Å². The maximum atomic E-state index is 14.9. The zero-order valence-corrected chi connectivity index (χ0v) is 23.1. The van der Waals surface area contributed by atoms with E-state index in [2.05, 4.69) is 0 Å². The fourth-order valence-electron chi connectivity index (χ4n) is 4.91. The fraction of sp³-hybridized carbons (Fsp3) is 0.367. The number of hydrogen-bond donors (Lipinski definition) is 1. The number of ether oxygens (including phenoxy) is 3. The average Bonchev–Trinajstić information content (AvgIpc) is 2.82. The molecule has 1 N–H and O–H groups in total. The Morgan fingerprint density at radius 3 is 2.36 bits per heavy atom. The van der Waals surface area contributed by atoms with Gasteiger partial charge in [0.05, 0.1) is 37.4 Å². The number of carboxylic acids is 1. The molecule has 9 heteroatoms. The van der Waals surface area contributed by atoms with Gasteiger partial charge in [0, 0.05) is 6.26 Å². The number of carboxylic acid groups (broad SMARTS) is 1. The van der Waals surface area contributed by atoms with E-state index in [1.165, 1.54) is 12.3 Å². The predicted octanol–water partition coefficient (Wildman–Crippen LogP) is 5.24. The molecule has 39 heavy (non-hydrogen) atoms. The largest absolute Gasteiger partial charge is 0.494 e. The lowest BCUT2D eigenvalue weighted by Crippen LogP contribution is -2.48. The normalized spacial score (nSPS) is 14.5. The van der Waals surface area contributed by atoms with Crippen molar-refractivity contribution in [3.05, 3.63) is 82.7 Å². The highest BCUT2D eigenvalue weighted by atomic mass is 32.2. The van der Waals surface area contributed by atoms with Crippen molar-refractivity contribution in [1.29, 1.82) is 0 Å². The molecule has 7 nitrogen and oxygen atoms in total. The van der Waals surface area contributed by atoms with Gasteiger partial charge in [-0.05, 0) is 84.0 Å². The molecule has 0 aliphatic carbocycles. The third-order valence-corrected chi connectivity index (χ3v) is 7.87. The third kappa shape index (κ3) is 7.16. The van der Waals surface area contributed by atoms with E-state index in [1.54, 1.807) is 12.1 Å². The van der Waals surface area contributed by atoms with Gasteiger partial charge in [-0.25, -0.2) is 12.8 Å². The molecule has 1 aliphatic rings. The van der Waals surface area contributed by atoms with E-state index in [-0.39, 0.29) is 37.7 Å². The summed E-state index contributed by atoms with van der Waals surface area (Å²) in [6, 6.07) is 16.3. The van der Waals surface area contributed by atoms with E-state index in [9.17, 15) is 22.7 Å². The molecular formula is C30H33FO7S. The Labute approximate surface area is 228 Å². The second-order valence-electron chi connectivity index (χ2n) is 10.2. The molecule has 0 aromatic heterocycles. The van der Waals surface area contributed by atoms with E-state index >= 15 is 0 Å². The Bertz CT molecular complexity index is 1440. The van der Waals surface area contributed by atoms with Crippen molar-refractivity contribution in [3.8, 4) is 22.6 Å². The van der Waals surface area contributed by atoms with Gasteiger partial charge in [0.1, 0.15) is 22.2 Å². The third-order valence-electron chi connectivity index (χ3n) is 6.83. The van der Waals surface area contributed by atoms with Crippen LogP contribution in [0.4, 0.5) is 4.39 Å². The van der Waals surface area contributed by atoms with E-state index in [4.69, 9.17) is 14.2 Å². The number of hydrogen-bond acceptors (Lipinski definition) is 6. The first kappa shape index (κ1) is 28.6. The second kappa shape index (κ2) is 11.8. The van der Waals surface area contributed by atoms with Crippen molar-refractivity contribution in [2.24, 2.45) is 0 Å². The Morgan fingerprint density at radius 2 is 1.77 bits per heavy atom. The van der Waals surface area contributed by atoms with Gasteiger partial charge in [0.25, 0.3) is 0 Å². The number of benzene rings is 3. The first-order valence-electron chi connectivity index (χ1n) is 12.7. The van der Waals surface area contributed by atoms with E-state index in [0.29, 0.717) is 24.3 Å². The minimum Gasteiger partial charge on any atom is -0.494 e. The summed E-state index contributed by atoms with van der Waals surface area (Å²) in [5, 5.41) is 9.23. The predicted molar refractivity (Wildman–Crippen MR) is 147 cm³/mol. The van der Waals surface area contributed by atoms with Gasteiger partial charge in [0.15, 0.2) is 11.6 Å². The van der Waals surface area contributed by atoms with Gasteiger partial charge in [-0.1, -0.05) is 24.3 Å². The molecule has 0 atom stereocenters. The van der Waals surface area contributed by atoms with Crippen LogP contribution in [0.15, 0.2) is 54.6 Å². The first-order valence-corrected chi connectivity index (χ1v) is 14.8. The summed E-state index contributed by atoms with van der Waals surface area (Å²) in [4.78, 5) is 11.3. The molecule has 0 bridgehead atoms. The smallest absolute Gasteiger partial charge is 0.304 e. The zero-order valence-electron chi connectivity index (χ0n) is 22.3. The molecule has 1 heterocycles. The Hall–Kier alpha value is -3.43. The summed E-state index contributed by atoms with van der Waals surface area (Å²) >= 11 is 0. The quantitative estimate of drug-likeness (QED) is 0.305. The van der Waals surface area contributed by atoms with Gasteiger partial charge in [-0.15, -0.1) is 0 Å². The molecule has 1 aliphatic heterocycles. The van der Waals surface area contributed by atoms with Crippen LogP contribution < -0.4 is 9.47 Å². The lowest BCUT2D eigenvalue weighted by Gasteiger charge is -2.40. The van der Waals surface area contributed by atoms with Crippen molar-refractivity contribution >= 4 is 15.8 Å². The number of aryl methyl sites for hydroxylation is 2. The van der Waals surface area contributed by atoms with Crippen LogP contribution in [-0.4, -0.2) is 51.3 Å². The number of aliphatic carboxylic acids is 1. The number of carbonyl (C=O) groups is 1. The molecule has 208 valence electrons. The van der Waals surface area contributed by atoms with Crippen LogP contribution in [0.3, 0.4) is 0 Å². The number of sulfone groups is 1. The van der Waals surface area contributed by atoms with Crippen LogP contribution in [0.2, 0.25) is 0 Å². The van der Waals surface area contributed by atoms with Crippen LogP contribution in [0.1, 0.15) is 35.1 Å². The minimum absolute atomic E-state index is 0.0897. The highest BCUT2D eigenvalue weighted by Gasteiger charge is 2.42. The van der Waals surface area contributed by atoms with Crippen molar-refractivity contribution in [1.82, 2.24) is 0 Å². The molecule has 4 rings (SSSR count). The van der Waals surface area contributed by atoms with Gasteiger partial charge in [0.2, 0.25) is 0 Å². The molecular weight excluding hydrogens is 523 g/mol. The molecule has 3 aromatic rings. The summed E-state index contributed by atoms with van der Waals surface area (Å²) in [6.45, 7) is 4.98. The second-order valence-corrected chi connectivity index (χ2v) is 12.5. The van der Waals surface area contributed by atoms with Crippen molar-refractivity contribution in [2.75, 3.05) is 31.8 Å². The molecule has 1 saturated heterocycles. The lowest BCUT2D eigenvalue weighted by atomic mass is 9.76. The van der Waals surface area contributed by atoms with E-state index in [0.717, 1.165) is 27.8 Å². The first-order chi connectivity index (χ1) is 18.5. The Balaban J connectivity index is 1.43. The molecule has 0 amide bonds. The highest BCUT2D eigenvalue weighted by molar-refractivity contribution is 7.90. The zero-order chi connectivity index (χ0) is 28.2. The molecule has 0 saturated carbocycles. The Kier molecular flexibility index (Phi) is 8.61. The van der Waals surface area contributed by atoms with Crippen LogP contribution in [0.25, 0.3) is 11.1 Å². The summed E-state index contributed by atoms with van der Waals surface area (Å²) in [6.07, 6.45) is 1.53. The van der Waals surface area contributed by atoms with Crippen LogP contribution in [-0.2, 0) is 31.4 Å². The number of rotatable bonds is 12.